The van der Waals surface area contributed by atoms with E-state index in [0.29, 0.717) is 41.1 Å². The van der Waals surface area contributed by atoms with Crippen molar-refractivity contribution < 1.29 is 37.2 Å². The van der Waals surface area contributed by atoms with Gasteiger partial charge in [0.1, 0.15) is 29.9 Å². The lowest BCUT2D eigenvalue weighted by Crippen LogP contribution is -2.31. The summed E-state index contributed by atoms with van der Waals surface area (Å²) >= 11 is 0. The molecule has 0 radical (unpaired) electrons. The Labute approximate surface area is 244 Å². The highest BCUT2D eigenvalue weighted by Gasteiger charge is 2.23. The Hall–Kier alpha value is -4.32. The quantitative estimate of drug-likeness (QED) is 0.163. The summed E-state index contributed by atoms with van der Waals surface area (Å²) < 4.78 is 70.9. The van der Waals surface area contributed by atoms with Crippen LogP contribution in [0.3, 0.4) is 0 Å². The standard InChI is InChI=1S/C32H27F4N3O4/c1-17-10-25(35)20(13-24(17)34)16-43-31-23(33)5-7-27(38-31)22-4-2-18(11-26(22)36)12-30-37-28-6-3-19(32(40)41)14-29(28)39(30)15-21-8-9-42-21/h2-7,10-11,13-14,21,32,40-41H,8-9,12,15-16H2,1H3/t21-/m0/s1. The van der Waals surface area contributed by atoms with Crippen LogP contribution in [0.4, 0.5) is 17.6 Å². The van der Waals surface area contributed by atoms with E-state index in [1.807, 2.05) is 4.57 Å². The van der Waals surface area contributed by atoms with Crippen LogP contribution >= 0.6 is 0 Å². The molecular weight excluding hydrogens is 566 g/mol. The van der Waals surface area contributed by atoms with Crippen molar-refractivity contribution >= 4 is 11.0 Å². The summed E-state index contributed by atoms with van der Waals surface area (Å²) in [5, 5.41) is 19.3. The van der Waals surface area contributed by atoms with Gasteiger partial charge in [-0.05, 0) is 73.0 Å². The van der Waals surface area contributed by atoms with Crippen molar-refractivity contribution in [1.82, 2.24) is 14.5 Å². The van der Waals surface area contributed by atoms with E-state index < -0.39 is 42.0 Å². The highest BCUT2D eigenvalue weighted by atomic mass is 19.1. The van der Waals surface area contributed by atoms with Crippen molar-refractivity contribution in [3.8, 4) is 17.1 Å². The number of ether oxygens (including phenoxy) is 2. The lowest BCUT2D eigenvalue weighted by molar-refractivity contribution is -0.0589. The van der Waals surface area contributed by atoms with Gasteiger partial charge in [0.2, 0.25) is 0 Å². The van der Waals surface area contributed by atoms with Crippen LogP contribution in [0.25, 0.3) is 22.3 Å². The summed E-state index contributed by atoms with van der Waals surface area (Å²) in [5.41, 5.74) is 2.54. The Bertz CT molecular complexity index is 1820. The molecule has 7 nitrogen and oxygen atoms in total. The molecule has 11 heteroatoms. The van der Waals surface area contributed by atoms with E-state index in [2.05, 4.69) is 4.98 Å². The molecule has 5 aromatic rings. The molecule has 0 amide bonds. The molecule has 222 valence electrons. The van der Waals surface area contributed by atoms with Gasteiger partial charge in [-0.25, -0.2) is 27.5 Å². The van der Waals surface area contributed by atoms with Crippen LogP contribution in [0.5, 0.6) is 5.88 Å². The summed E-state index contributed by atoms with van der Waals surface area (Å²) in [5.74, 6) is -2.58. The second kappa shape index (κ2) is 11.8. The Balaban J connectivity index is 1.25. The van der Waals surface area contributed by atoms with Crippen LogP contribution in [0.2, 0.25) is 0 Å². The molecule has 0 bridgehead atoms. The molecule has 0 saturated carbocycles. The Morgan fingerprint density at radius 2 is 1.74 bits per heavy atom. The summed E-state index contributed by atoms with van der Waals surface area (Å²) in [4.78, 5) is 8.81. The number of pyridine rings is 1. The number of rotatable bonds is 9. The number of aliphatic hydroxyl groups excluding tert-OH is 1. The maximum Gasteiger partial charge on any atom is 0.251 e. The molecule has 1 fully saturated rings. The molecule has 1 atom stereocenters. The second-order valence-corrected chi connectivity index (χ2v) is 10.5. The van der Waals surface area contributed by atoms with Gasteiger partial charge in [0.05, 0.1) is 29.4 Å². The number of hydrogen-bond donors (Lipinski definition) is 2. The third-order valence-corrected chi connectivity index (χ3v) is 7.51. The van der Waals surface area contributed by atoms with E-state index in [-0.39, 0.29) is 34.9 Å². The van der Waals surface area contributed by atoms with Crippen LogP contribution < -0.4 is 4.74 Å². The van der Waals surface area contributed by atoms with Crippen LogP contribution in [-0.2, 0) is 24.3 Å². The van der Waals surface area contributed by atoms with E-state index in [1.165, 1.54) is 25.1 Å². The first-order chi connectivity index (χ1) is 20.7. The van der Waals surface area contributed by atoms with E-state index in [0.717, 1.165) is 24.6 Å². The Morgan fingerprint density at radius 1 is 0.930 bits per heavy atom. The number of aliphatic hydroxyl groups is 2. The fourth-order valence-corrected chi connectivity index (χ4v) is 5.00. The van der Waals surface area contributed by atoms with Gasteiger partial charge in [0, 0.05) is 29.7 Å². The maximum absolute atomic E-state index is 15.4. The largest absolute Gasteiger partial charge is 0.471 e. The van der Waals surface area contributed by atoms with Crippen molar-refractivity contribution in [2.24, 2.45) is 0 Å². The van der Waals surface area contributed by atoms with E-state index in [9.17, 15) is 23.4 Å². The average molecular weight is 594 g/mol. The molecule has 2 aromatic heterocycles. The summed E-state index contributed by atoms with van der Waals surface area (Å²) in [6, 6.07) is 13.9. The summed E-state index contributed by atoms with van der Waals surface area (Å²) in [6.45, 7) is 2.14. The van der Waals surface area contributed by atoms with Gasteiger partial charge in [-0.3, -0.25) is 0 Å². The molecule has 3 aromatic carbocycles. The zero-order chi connectivity index (χ0) is 30.2. The van der Waals surface area contributed by atoms with Crippen molar-refractivity contribution in [2.45, 2.75) is 45.3 Å². The van der Waals surface area contributed by atoms with Gasteiger partial charge >= 0.3 is 0 Å². The zero-order valence-corrected chi connectivity index (χ0v) is 23.0. The van der Waals surface area contributed by atoms with Gasteiger partial charge in [-0.2, -0.15) is 0 Å². The van der Waals surface area contributed by atoms with Crippen LogP contribution in [-0.4, -0.2) is 37.5 Å². The number of imidazole rings is 1. The lowest BCUT2D eigenvalue weighted by Gasteiger charge is -2.27. The molecule has 43 heavy (non-hydrogen) atoms. The van der Waals surface area contributed by atoms with Crippen molar-refractivity contribution in [3.05, 3.63) is 112 Å². The minimum atomic E-state index is -1.63. The minimum Gasteiger partial charge on any atom is -0.471 e. The molecule has 0 unspecified atom stereocenters. The van der Waals surface area contributed by atoms with Gasteiger partial charge in [-0.15, -0.1) is 0 Å². The Kier molecular flexibility index (Phi) is 7.87. The van der Waals surface area contributed by atoms with Gasteiger partial charge < -0.3 is 24.3 Å². The molecule has 3 heterocycles. The van der Waals surface area contributed by atoms with Gasteiger partial charge in [-0.1, -0.05) is 12.1 Å². The molecule has 0 aliphatic carbocycles. The molecular formula is C32H27F4N3O4. The zero-order valence-electron chi connectivity index (χ0n) is 23.0. The van der Waals surface area contributed by atoms with Gasteiger partial charge in [0.15, 0.2) is 12.1 Å². The molecule has 6 rings (SSSR count). The molecule has 1 aliphatic heterocycles. The second-order valence-electron chi connectivity index (χ2n) is 10.5. The topological polar surface area (TPSA) is 89.6 Å². The first-order valence-electron chi connectivity index (χ1n) is 13.7. The highest BCUT2D eigenvalue weighted by molar-refractivity contribution is 5.77. The monoisotopic (exact) mass is 593 g/mol. The number of aryl methyl sites for hydroxylation is 1. The fraction of sp³-hybridized carbons (Fsp3) is 0.250. The number of halogens is 4. The van der Waals surface area contributed by atoms with Crippen molar-refractivity contribution in [3.63, 3.8) is 0 Å². The predicted octanol–water partition coefficient (Wildman–Crippen LogP) is 5.91. The first-order valence-corrected chi connectivity index (χ1v) is 13.7. The van der Waals surface area contributed by atoms with Crippen molar-refractivity contribution in [2.75, 3.05) is 6.61 Å². The fourth-order valence-electron chi connectivity index (χ4n) is 5.00. The molecule has 1 aliphatic rings. The molecule has 0 spiro atoms. The highest BCUT2D eigenvalue weighted by Crippen LogP contribution is 2.29. The number of fused-ring (bicyclic) bond motifs is 1. The van der Waals surface area contributed by atoms with E-state index >= 15 is 4.39 Å². The number of benzene rings is 3. The normalized spacial score (nSPS) is 14.8. The van der Waals surface area contributed by atoms with Crippen LogP contribution in [0, 0.1) is 30.2 Å². The minimum absolute atomic E-state index is 0.000423. The first kappa shape index (κ1) is 28.8. The summed E-state index contributed by atoms with van der Waals surface area (Å²) in [7, 11) is 0. The van der Waals surface area contributed by atoms with E-state index in [4.69, 9.17) is 14.5 Å². The van der Waals surface area contributed by atoms with Crippen molar-refractivity contribution in [1.29, 1.82) is 0 Å². The molecule has 1 saturated heterocycles. The number of nitrogens with zero attached hydrogens (tertiary/aromatic N) is 3. The predicted molar refractivity (Wildman–Crippen MR) is 149 cm³/mol. The third-order valence-electron chi connectivity index (χ3n) is 7.51. The molecule has 2 N–H and O–H groups in total. The summed E-state index contributed by atoms with van der Waals surface area (Å²) in [6.07, 6.45) is -0.465. The number of hydrogen-bond acceptors (Lipinski definition) is 6. The smallest absolute Gasteiger partial charge is 0.251 e. The SMILES string of the molecule is Cc1cc(F)c(COc2nc(-c3ccc(Cc4nc5ccc(C(O)O)cc5n4C[C@@H]4CCO4)cc3F)ccc2F)cc1F. The maximum atomic E-state index is 15.4. The van der Waals surface area contributed by atoms with Crippen LogP contribution in [0.1, 0.15) is 40.8 Å². The Morgan fingerprint density at radius 3 is 2.47 bits per heavy atom. The lowest BCUT2D eigenvalue weighted by atomic mass is 10.0. The third kappa shape index (κ3) is 5.96. The number of aromatic nitrogens is 3. The van der Waals surface area contributed by atoms with Gasteiger partial charge in [0.25, 0.3) is 5.88 Å². The van der Waals surface area contributed by atoms with E-state index in [1.54, 1.807) is 24.3 Å². The average Bonchev–Trinajstić information content (AvgIpc) is 3.28. The van der Waals surface area contributed by atoms with Crippen LogP contribution in [0.15, 0.2) is 60.7 Å².